The van der Waals surface area contributed by atoms with Crippen molar-refractivity contribution in [3.05, 3.63) is 101 Å². The molecule has 1 fully saturated rings. The van der Waals surface area contributed by atoms with Crippen molar-refractivity contribution in [1.82, 2.24) is 9.80 Å². The molecule has 1 aliphatic rings. The first-order chi connectivity index (χ1) is 18.2. The van der Waals surface area contributed by atoms with E-state index in [2.05, 4.69) is 6.07 Å². The molecule has 198 valence electrons. The summed E-state index contributed by atoms with van der Waals surface area (Å²) in [4.78, 5) is 31.8. The van der Waals surface area contributed by atoms with Crippen molar-refractivity contribution in [2.45, 2.75) is 19.6 Å². The first-order valence-corrected chi connectivity index (χ1v) is 12.6. The van der Waals surface area contributed by atoms with Crippen LogP contribution in [0, 0.1) is 6.92 Å². The molecule has 1 heterocycles. The Hall–Kier alpha value is -4.10. The zero-order chi connectivity index (χ0) is 27.4. The van der Waals surface area contributed by atoms with Gasteiger partial charge < -0.3 is 24.5 Å². The van der Waals surface area contributed by atoms with Gasteiger partial charge in [0.1, 0.15) is 18.1 Å². The molecule has 4 rings (SSSR count). The number of likely N-dealkylation sites (N-methyl/N-ethyl adjacent to an activating group) is 1. The van der Waals surface area contributed by atoms with Crippen molar-refractivity contribution in [1.29, 1.82) is 0 Å². The van der Waals surface area contributed by atoms with Crippen LogP contribution >= 0.6 is 0 Å². The van der Waals surface area contributed by atoms with E-state index < -0.39 is 17.7 Å². The van der Waals surface area contributed by atoms with Gasteiger partial charge in [-0.3, -0.25) is 9.59 Å². The second-order valence-electron chi connectivity index (χ2n) is 10.1. The number of ketones is 1. The molecule has 1 amide bonds. The number of nitrogens with zero attached hydrogens (tertiary/aromatic N) is 3. The fourth-order valence-corrected chi connectivity index (χ4v) is 4.55. The summed E-state index contributed by atoms with van der Waals surface area (Å²) >= 11 is 0. The minimum absolute atomic E-state index is 0.0970. The molecule has 0 unspecified atom stereocenters. The van der Waals surface area contributed by atoms with E-state index in [9.17, 15) is 14.7 Å². The highest BCUT2D eigenvalue weighted by atomic mass is 16.5. The number of aryl methyl sites for hydroxylation is 1. The summed E-state index contributed by atoms with van der Waals surface area (Å²) in [5, 5.41) is 11.3. The number of hydrogen-bond donors (Lipinski definition) is 1. The topological polar surface area (TPSA) is 73.3 Å². The molecular formula is C31H35N3O4. The van der Waals surface area contributed by atoms with E-state index in [4.69, 9.17) is 4.74 Å². The van der Waals surface area contributed by atoms with Gasteiger partial charge in [0.05, 0.1) is 11.6 Å². The maximum absolute atomic E-state index is 13.2. The molecule has 0 radical (unpaired) electrons. The van der Waals surface area contributed by atoms with Crippen LogP contribution in [0.15, 0.2) is 78.4 Å². The smallest absolute Gasteiger partial charge is 0.295 e. The molecule has 1 atom stereocenters. The van der Waals surface area contributed by atoms with E-state index in [-0.39, 0.29) is 11.3 Å². The van der Waals surface area contributed by atoms with E-state index in [1.54, 1.807) is 29.2 Å². The van der Waals surface area contributed by atoms with Crippen LogP contribution in [0.3, 0.4) is 0 Å². The molecule has 0 saturated carbocycles. The Bertz CT molecular complexity index is 1330. The molecule has 7 heteroatoms. The predicted molar refractivity (Wildman–Crippen MR) is 150 cm³/mol. The molecule has 7 nitrogen and oxygen atoms in total. The summed E-state index contributed by atoms with van der Waals surface area (Å²) in [5.74, 6) is -0.830. The zero-order valence-corrected chi connectivity index (χ0v) is 22.6. The maximum Gasteiger partial charge on any atom is 0.295 e. The zero-order valence-electron chi connectivity index (χ0n) is 22.6. The Morgan fingerprint density at radius 3 is 2.24 bits per heavy atom. The van der Waals surface area contributed by atoms with Crippen molar-refractivity contribution >= 4 is 23.1 Å². The normalized spacial score (nSPS) is 16.8. The molecule has 0 bridgehead atoms. The first-order valence-electron chi connectivity index (χ1n) is 12.6. The van der Waals surface area contributed by atoms with Crippen LogP contribution in [0.25, 0.3) is 5.76 Å². The second kappa shape index (κ2) is 11.5. The number of carbonyl (C=O) groups is 2. The van der Waals surface area contributed by atoms with Gasteiger partial charge in [-0.15, -0.1) is 0 Å². The minimum Gasteiger partial charge on any atom is -0.507 e. The standard InChI is InChI=1S/C31H35N3O4/c1-21-7-6-8-22(19-21)20-38-26-15-11-24(12-16-26)29(35)27-28(23-9-13-25(14-10-23)33(4)5)34(18-17-32(2)3)31(37)30(27)36/h6-16,19,28,35H,17-18,20H2,1-5H3/b29-27+/t28-/m1/s1. The molecule has 3 aromatic carbocycles. The molecule has 1 aliphatic heterocycles. The lowest BCUT2D eigenvalue weighted by Crippen LogP contribution is -2.35. The Balaban J connectivity index is 1.65. The second-order valence-corrected chi connectivity index (χ2v) is 10.1. The number of rotatable bonds is 9. The molecule has 0 aromatic heterocycles. The van der Waals surface area contributed by atoms with Crippen molar-refractivity contribution in [3.63, 3.8) is 0 Å². The average molecular weight is 514 g/mol. The number of carbonyl (C=O) groups excluding carboxylic acids is 2. The summed E-state index contributed by atoms with van der Waals surface area (Å²) in [6, 6.07) is 22.1. The van der Waals surface area contributed by atoms with E-state index in [1.165, 1.54) is 5.56 Å². The average Bonchev–Trinajstić information content (AvgIpc) is 3.15. The van der Waals surface area contributed by atoms with Crippen LogP contribution in [-0.4, -0.2) is 67.9 Å². The third-order valence-corrected chi connectivity index (χ3v) is 6.67. The number of benzene rings is 3. The Morgan fingerprint density at radius 2 is 1.63 bits per heavy atom. The Morgan fingerprint density at radius 1 is 0.947 bits per heavy atom. The number of amides is 1. The van der Waals surface area contributed by atoms with Crippen LogP contribution in [0.2, 0.25) is 0 Å². The lowest BCUT2D eigenvalue weighted by molar-refractivity contribution is -0.140. The monoisotopic (exact) mass is 513 g/mol. The lowest BCUT2D eigenvalue weighted by Gasteiger charge is -2.27. The minimum atomic E-state index is -0.678. The number of aliphatic hydroxyl groups is 1. The lowest BCUT2D eigenvalue weighted by atomic mass is 9.95. The molecule has 0 aliphatic carbocycles. The number of Topliss-reactive ketones (excluding diaryl/α,β-unsaturated/α-hetero) is 1. The van der Waals surface area contributed by atoms with Crippen LogP contribution in [0.5, 0.6) is 5.75 Å². The molecular weight excluding hydrogens is 478 g/mol. The van der Waals surface area contributed by atoms with Crippen LogP contribution < -0.4 is 9.64 Å². The highest BCUT2D eigenvalue weighted by molar-refractivity contribution is 6.46. The number of likely N-dealkylation sites (tertiary alicyclic amines) is 1. The summed E-state index contributed by atoms with van der Waals surface area (Å²) in [7, 11) is 7.74. The van der Waals surface area contributed by atoms with Gasteiger partial charge in [0.25, 0.3) is 11.7 Å². The van der Waals surface area contributed by atoms with E-state index in [0.29, 0.717) is 31.0 Å². The number of hydrogen-bond acceptors (Lipinski definition) is 6. The van der Waals surface area contributed by atoms with Crippen molar-refractivity contribution in [3.8, 4) is 5.75 Å². The summed E-state index contributed by atoms with van der Waals surface area (Å²) in [6.45, 7) is 3.41. The number of anilines is 1. The van der Waals surface area contributed by atoms with Gasteiger partial charge in [-0.1, -0.05) is 42.0 Å². The van der Waals surface area contributed by atoms with Crippen LogP contribution in [0.1, 0.15) is 28.3 Å². The fourth-order valence-electron chi connectivity index (χ4n) is 4.55. The van der Waals surface area contributed by atoms with Crippen molar-refractivity contribution in [2.75, 3.05) is 46.2 Å². The SMILES string of the molecule is Cc1cccc(COc2ccc(/C(O)=C3\C(=O)C(=O)N(CCN(C)C)[C@@H]3c3ccc(N(C)C)cc3)cc2)c1. The van der Waals surface area contributed by atoms with E-state index in [1.807, 2.05) is 87.4 Å². The van der Waals surface area contributed by atoms with E-state index in [0.717, 1.165) is 16.8 Å². The summed E-state index contributed by atoms with van der Waals surface area (Å²) in [5.41, 5.74) is 4.55. The summed E-state index contributed by atoms with van der Waals surface area (Å²) in [6.07, 6.45) is 0. The van der Waals surface area contributed by atoms with Gasteiger partial charge in [0.15, 0.2) is 0 Å². The Labute approximate surface area is 224 Å². The van der Waals surface area contributed by atoms with Gasteiger partial charge in [-0.2, -0.15) is 0 Å². The van der Waals surface area contributed by atoms with E-state index >= 15 is 0 Å². The molecule has 1 saturated heterocycles. The highest BCUT2D eigenvalue weighted by Gasteiger charge is 2.45. The predicted octanol–water partition coefficient (Wildman–Crippen LogP) is 4.62. The van der Waals surface area contributed by atoms with Crippen molar-refractivity contribution in [2.24, 2.45) is 0 Å². The third kappa shape index (κ3) is 5.89. The fraction of sp³-hybridized carbons (Fsp3) is 0.290. The van der Waals surface area contributed by atoms with Gasteiger partial charge >= 0.3 is 0 Å². The highest BCUT2D eigenvalue weighted by Crippen LogP contribution is 2.39. The largest absolute Gasteiger partial charge is 0.507 e. The molecule has 38 heavy (non-hydrogen) atoms. The van der Waals surface area contributed by atoms with Crippen molar-refractivity contribution < 1.29 is 19.4 Å². The summed E-state index contributed by atoms with van der Waals surface area (Å²) < 4.78 is 5.90. The molecule has 3 aromatic rings. The quantitative estimate of drug-likeness (QED) is 0.256. The molecule has 1 N–H and O–H groups in total. The van der Waals surface area contributed by atoms with Gasteiger partial charge in [0.2, 0.25) is 0 Å². The first kappa shape index (κ1) is 26.9. The molecule has 0 spiro atoms. The Kier molecular flexibility index (Phi) is 8.17. The van der Waals surface area contributed by atoms with Gasteiger partial charge in [-0.05, 0) is 68.5 Å². The number of aliphatic hydroxyl groups excluding tert-OH is 1. The maximum atomic E-state index is 13.2. The van der Waals surface area contributed by atoms with Gasteiger partial charge in [0, 0.05) is 38.4 Å². The van der Waals surface area contributed by atoms with Gasteiger partial charge in [-0.25, -0.2) is 0 Å². The third-order valence-electron chi connectivity index (χ3n) is 6.67. The van der Waals surface area contributed by atoms with Crippen LogP contribution in [-0.2, 0) is 16.2 Å². The number of ether oxygens (including phenoxy) is 1. The van der Waals surface area contributed by atoms with Crippen LogP contribution in [0.4, 0.5) is 5.69 Å².